The fourth-order valence-corrected chi connectivity index (χ4v) is 1.91. The van der Waals surface area contributed by atoms with E-state index in [1.807, 2.05) is 48.5 Å². The molecule has 0 aliphatic carbocycles. The molecule has 0 N–H and O–H groups in total. The Hall–Kier alpha value is -1.52. The molecule has 3 nitrogen and oxygen atoms in total. The number of ether oxygens (including phenoxy) is 3. The second kappa shape index (κ2) is 7.16. The summed E-state index contributed by atoms with van der Waals surface area (Å²) < 4.78 is 16.9. The zero-order valence-electron chi connectivity index (χ0n) is 10.6. The maximum atomic E-state index is 5.78. The molecule has 0 saturated heterocycles. The lowest BCUT2D eigenvalue weighted by Gasteiger charge is -2.11. The highest BCUT2D eigenvalue weighted by molar-refractivity contribution is 9.10. The lowest BCUT2D eigenvalue weighted by atomic mass is 10.2. The summed E-state index contributed by atoms with van der Waals surface area (Å²) in [5.41, 5.74) is 1.12. The van der Waals surface area contributed by atoms with E-state index in [9.17, 15) is 0 Å². The smallest absolute Gasteiger partial charge is 0.188 e. The average Bonchev–Trinajstić information content (AvgIpc) is 2.46. The van der Waals surface area contributed by atoms with Gasteiger partial charge in [-0.2, -0.15) is 0 Å². The second-order valence-electron chi connectivity index (χ2n) is 3.92. The Morgan fingerprint density at radius 1 is 1.00 bits per heavy atom. The van der Waals surface area contributed by atoms with Gasteiger partial charge in [-0.05, 0) is 33.6 Å². The molecule has 19 heavy (non-hydrogen) atoms. The number of rotatable bonds is 6. The topological polar surface area (TPSA) is 27.7 Å². The van der Waals surface area contributed by atoms with Gasteiger partial charge in [0, 0.05) is 13.2 Å². The van der Waals surface area contributed by atoms with Gasteiger partial charge in [0.05, 0.1) is 4.47 Å². The van der Waals surface area contributed by atoms with Crippen LogP contribution in [0.15, 0.2) is 53.0 Å². The van der Waals surface area contributed by atoms with Crippen LogP contribution in [0.25, 0.3) is 0 Å². The molecule has 0 heterocycles. The molecule has 0 amide bonds. The highest BCUT2D eigenvalue weighted by atomic mass is 79.9. The number of hydrogen-bond donors (Lipinski definition) is 0. The Kier molecular flexibility index (Phi) is 5.24. The Labute approximate surface area is 121 Å². The van der Waals surface area contributed by atoms with Crippen LogP contribution in [0.1, 0.15) is 5.56 Å². The van der Waals surface area contributed by atoms with Gasteiger partial charge in [-0.15, -0.1) is 0 Å². The maximum absolute atomic E-state index is 5.78. The van der Waals surface area contributed by atoms with Gasteiger partial charge < -0.3 is 14.2 Å². The fraction of sp³-hybridized carbons (Fsp3) is 0.200. The van der Waals surface area contributed by atoms with E-state index in [0.29, 0.717) is 12.4 Å². The van der Waals surface area contributed by atoms with E-state index in [2.05, 4.69) is 15.9 Å². The summed E-state index contributed by atoms with van der Waals surface area (Å²) in [7, 11) is 1.59. The van der Waals surface area contributed by atoms with Crippen molar-refractivity contribution in [3.8, 4) is 11.5 Å². The Morgan fingerprint density at radius 2 is 1.79 bits per heavy atom. The van der Waals surface area contributed by atoms with Crippen molar-refractivity contribution in [1.29, 1.82) is 0 Å². The molecule has 0 saturated carbocycles. The van der Waals surface area contributed by atoms with Gasteiger partial charge >= 0.3 is 0 Å². The fourth-order valence-electron chi connectivity index (χ4n) is 1.55. The van der Waals surface area contributed by atoms with Crippen molar-refractivity contribution in [2.24, 2.45) is 0 Å². The summed E-state index contributed by atoms with van der Waals surface area (Å²) in [5.74, 6) is 1.46. The standard InChI is InChI=1S/C15H15BrO3/c1-17-11-19-13-7-8-14(16)15(9-13)18-10-12-5-3-2-4-6-12/h2-9H,10-11H2,1H3. The highest BCUT2D eigenvalue weighted by Crippen LogP contribution is 2.30. The molecule has 0 spiro atoms. The van der Waals surface area contributed by atoms with Crippen LogP contribution in [0.2, 0.25) is 0 Å². The van der Waals surface area contributed by atoms with Gasteiger partial charge in [0.2, 0.25) is 0 Å². The number of methoxy groups -OCH3 is 1. The van der Waals surface area contributed by atoms with E-state index in [1.165, 1.54) is 0 Å². The van der Waals surface area contributed by atoms with E-state index in [0.717, 1.165) is 15.8 Å². The Balaban J connectivity index is 2.02. The summed E-state index contributed by atoms with van der Waals surface area (Å²) in [6.07, 6.45) is 0. The van der Waals surface area contributed by atoms with Crippen molar-refractivity contribution in [2.45, 2.75) is 6.61 Å². The van der Waals surface area contributed by atoms with Crippen LogP contribution in [0.4, 0.5) is 0 Å². The van der Waals surface area contributed by atoms with Crippen LogP contribution in [0.5, 0.6) is 11.5 Å². The van der Waals surface area contributed by atoms with Crippen LogP contribution in [-0.4, -0.2) is 13.9 Å². The first-order valence-corrected chi connectivity index (χ1v) is 6.67. The number of hydrogen-bond acceptors (Lipinski definition) is 3. The van der Waals surface area contributed by atoms with Gasteiger partial charge in [0.25, 0.3) is 0 Å². The van der Waals surface area contributed by atoms with E-state index >= 15 is 0 Å². The van der Waals surface area contributed by atoms with Gasteiger partial charge in [0.1, 0.15) is 18.1 Å². The van der Waals surface area contributed by atoms with Crippen molar-refractivity contribution in [1.82, 2.24) is 0 Å². The first kappa shape index (κ1) is 13.9. The zero-order chi connectivity index (χ0) is 13.5. The van der Waals surface area contributed by atoms with Crippen molar-refractivity contribution in [3.05, 3.63) is 58.6 Å². The normalized spacial score (nSPS) is 10.2. The van der Waals surface area contributed by atoms with E-state index in [-0.39, 0.29) is 6.79 Å². The molecule has 0 bridgehead atoms. The van der Waals surface area contributed by atoms with Crippen LogP contribution >= 0.6 is 15.9 Å². The van der Waals surface area contributed by atoms with Crippen LogP contribution in [-0.2, 0) is 11.3 Å². The molecule has 0 atom stereocenters. The third-order valence-electron chi connectivity index (χ3n) is 2.48. The first-order valence-electron chi connectivity index (χ1n) is 5.87. The van der Waals surface area contributed by atoms with E-state index < -0.39 is 0 Å². The quantitative estimate of drug-likeness (QED) is 0.752. The summed E-state index contributed by atoms with van der Waals surface area (Å²) in [6, 6.07) is 15.6. The van der Waals surface area contributed by atoms with Crippen molar-refractivity contribution in [2.75, 3.05) is 13.9 Å². The molecular weight excluding hydrogens is 308 g/mol. The Morgan fingerprint density at radius 3 is 2.53 bits per heavy atom. The highest BCUT2D eigenvalue weighted by Gasteiger charge is 2.04. The minimum atomic E-state index is 0.222. The zero-order valence-corrected chi connectivity index (χ0v) is 12.2. The Bertz CT molecular complexity index is 514. The van der Waals surface area contributed by atoms with Gasteiger partial charge in [-0.1, -0.05) is 30.3 Å². The van der Waals surface area contributed by atoms with Crippen molar-refractivity contribution in [3.63, 3.8) is 0 Å². The molecule has 0 radical (unpaired) electrons. The number of benzene rings is 2. The lowest BCUT2D eigenvalue weighted by Crippen LogP contribution is -2.00. The van der Waals surface area contributed by atoms with Crippen LogP contribution < -0.4 is 9.47 Å². The molecular formula is C15H15BrO3. The largest absolute Gasteiger partial charge is 0.488 e. The number of halogens is 1. The predicted molar refractivity (Wildman–Crippen MR) is 77.4 cm³/mol. The summed E-state index contributed by atoms with van der Waals surface area (Å²) in [4.78, 5) is 0. The van der Waals surface area contributed by atoms with Gasteiger partial charge in [-0.3, -0.25) is 0 Å². The monoisotopic (exact) mass is 322 g/mol. The lowest BCUT2D eigenvalue weighted by molar-refractivity contribution is 0.0509. The van der Waals surface area contributed by atoms with Crippen molar-refractivity contribution >= 4 is 15.9 Å². The predicted octanol–water partition coefficient (Wildman–Crippen LogP) is 4.01. The van der Waals surface area contributed by atoms with Crippen LogP contribution in [0, 0.1) is 0 Å². The molecule has 0 aliphatic heterocycles. The van der Waals surface area contributed by atoms with Gasteiger partial charge in [0.15, 0.2) is 6.79 Å². The van der Waals surface area contributed by atoms with Crippen molar-refractivity contribution < 1.29 is 14.2 Å². The third kappa shape index (κ3) is 4.26. The minimum absolute atomic E-state index is 0.222. The van der Waals surface area contributed by atoms with Crippen LogP contribution in [0.3, 0.4) is 0 Å². The van der Waals surface area contributed by atoms with Gasteiger partial charge in [-0.25, -0.2) is 0 Å². The molecule has 0 aliphatic rings. The maximum Gasteiger partial charge on any atom is 0.188 e. The SMILES string of the molecule is COCOc1ccc(Br)c(OCc2ccccc2)c1. The molecule has 0 unspecified atom stereocenters. The molecule has 2 rings (SSSR count). The summed E-state index contributed by atoms with van der Waals surface area (Å²) in [5, 5.41) is 0. The molecule has 0 fully saturated rings. The second-order valence-corrected chi connectivity index (χ2v) is 4.77. The summed E-state index contributed by atoms with van der Waals surface area (Å²) in [6.45, 7) is 0.743. The third-order valence-corrected chi connectivity index (χ3v) is 3.14. The van der Waals surface area contributed by atoms with E-state index in [1.54, 1.807) is 7.11 Å². The molecule has 2 aromatic carbocycles. The first-order chi connectivity index (χ1) is 9.29. The van der Waals surface area contributed by atoms with E-state index in [4.69, 9.17) is 14.2 Å². The molecule has 4 heteroatoms. The average molecular weight is 323 g/mol. The molecule has 0 aromatic heterocycles. The molecule has 100 valence electrons. The molecule has 2 aromatic rings. The minimum Gasteiger partial charge on any atom is -0.488 e. The summed E-state index contributed by atoms with van der Waals surface area (Å²) >= 11 is 3.46.